The van der Waals surface area contributed by atoms with Gasteiger partial charge in [0, 0.05) is 6.04 Å². The molecular formula is C10H17NO3. The molecule has 1 amide bonds. The van der Waals surface area contributed by atoms with Crippen molar-refractivity contribution in [2.75, 3.05) is 0 Å². The average molecular weight is 199 g/mol. The number of aliphatic carboxylic acids is 1. The van der Waals surface area contributed by atoms with E-state index in [0.29, 0.717) is 6.41 Å². The lowest BCUT2D eigenvalue weighted by atomic mass is 9.78. The fourth-order valence-electron chi connectivity index (χ4n) is 2.13. The largest absolute Gasteiger partial charge is 0.481 e. The van der Waals surface area contributed by atoms with Crippen LogP contribution in [0.5, 0.6) is 0 Å². The summed E-state index contributed by atoms with van der Waals surface area (Å²) in [5.74, 6) is -0.827. The minimum Gasteiger partial charge on any atom is -0.481 e. The first-order valence-electron chi connectivity index (χ1n) is 5.07. The minimum absolute atomic E-state index is 0.174. The number of nitrogens with one attached hydrogen (secondary N) is 1. The molecule has 0 aliphatic heterocycles. The Bertz CT molecular complexity index is 217. The second-order valence-corrected chi connectivity index (χ2v) is 4.04. The standard InChI is InChI=1S/C10H17NO3/c1-7(10(13)14)8-3-2-4-9(5-8)11-6-12/h6-9H,2-5H2,1H3,(H,11,12)(H,13,14). The van der Waals surface area contributed by atoms with Gasteiger partial charge in [-0.25, -0.2) is 0 Å². The Morgan fingerprint density at radius 2 is 2.29 bits per heavy atom. The molecule has 0 spiro atoms. The third-order valence-corrected chi connectivity index (χ3v) is 3.12. The fourth-order valence-corrected chi connectivity index (χ4v) is 2.13. The predicted octanol–water partition coefficient (Wildman–Crippen LogP) is 1.01. The average Bonchev–Trinajstić information content (AvgIpc) is 2.17. The van der Waals surface area contributed by atoms with Crippen LogP contribution < -0.4 is 5.32 Å². The number of rotatable bonds is 4. The van der Waals surface area contributed by atoms with Crippen LogP contribution in [0, 0.1) is 11.8 Å². The summed E-state index contributed by atoms with van der Waals surface area (Å²) in [7, 11) is 0. The molecule has 14 heavy (non-hydrogen) atoms. The normalized spacial score (nSPS) is 29.2. The molecule has 80 valence electrons. The maximum Gasteiger partial charge on any atom is 0.306 e. The number of carbonyl (C=O) groups is 2. The molecular weight excluding hydrogens is 182 g/mol. The fraction of sp³-hybridized carbons (Fsp3) is 0.800. The molecule has 3 atom stereocenters. The van der Waals surface area contributed by atoms with Crippen molar-refractivity contribution in [3.05, 3.63) is 0 Å². The van der Waals surface area contributed by atoms with Crippen molar-refractivity contribution < 1.29 is 14.7 Å². The van der Waals surface area contributed by atoms with Crippen LogP contribution in [0.4, 0.5) is 0 Å². The highest BCUT2D eigenvalue weighted by molar-refractivity contribution is 5.69. The Hall–Kier alpha value is -1.06. The summed E-state index contributed by atoms with van der Waals surface area (Å²) in [6, 6.07) is 0.174. The number of carboxylic acid groups (broad SMARTS) is 1. The van der Waals surface area contributed by atoms with Gasteiger partial charge in [0.05, 0.1) is 5.92 Å². The Morgan fingerprint density at radius 1 is 1.57 bits per heavy atom. The molecule has 0 aromatic heterocycles. The van der Waals surface area contributed by atoms with Gasteiger partial charge in [-0.1, -0.05) is 13.3 Å². The van der Waals surface area contributed by atoms with E-state index < -0.39 is 5.97 Å². The topological polar surface area (TPSA) is 66.4 Å². The molecule has 4 nitrogen and oxygen atoms in total. The van der Waals surface area contributed by atoms with E-state index >= 15 is 0 Å². The number of carbonyl (C=O) groups excluding carboxylic acids is 1. The van der Waals surface area contributed by atoms with Crippen LogP contribution in [0.15, 0.2) is 0 Å². The lowest BCUT2D eigenvalue weighted by Gasteiger charge is -2.30. The van der Waals surface area contributed by atoms with Crippen molar-refractivity contribution in [3.8, 4) is 0 Å². The number of carboxylic acids is 1. The molecule has 1 fully saturated rings. The molecule has 0 bridgehead atoms. The third-order valence-electron chi connectivity index (χ3n) is 3.12. The first kappa shape index (κ1) is 11.0. The molecule has 0 heterocycles. The van der Waals surface area contributed by atoms with Gasteiger partial charge in [0.2, 0.25) is 6.41 Å². The minimum atomic E-state index is -0.734. The molecule has 4 heteroatoms. The Balaban J connectivity index is 2.46. The van der Waals surface area contributed by atoms with Gasteiger partial charge >= 0.3 is 5.97 Å². The zero-order valence-electron chi connectivity index (χ0n) is 8.40. The van der Waals surface area contributed by atoms with E-state index in [9.17, 15) is 9.59 Å². The van der Waals surface area contributed by atoms with Crippen molar-refractivity contribution >= 4 is 12.4 Å². The van der Waals surface area contributed by atoms with Crippen molar-refractivity contribution in [1.82, 2.24) is 5.32 Å². The van der Waals surface area contributed by atoms with Gasteiger partial charge in [-0.2, -0.15) is 0 Å². The molecule has 1 rings (SSSR count). The Labute approximate surface area is 83.7 Å². The smallest absolute Gasteiger partial charge is 0.306 e. The maximum absolute atomic E-state index is 10.8. The lowest BCUT2D eigenvalue weighted by molar-refractivity contribution is -0.143. The van der Waals surface area contributed by atoms with E-state index in [0.717, 1.165) is 25.7 Å². The van der Waals surface area contributed by atoms with Gasteiger partial charge in [0.1, 0.15) is 0 Å². The number of hydrogen-bond donors (Lipinski definition) is 2. The van der Waals surface area contributed by atoms with Crippen LogP contribution in [0.3, 0.4) is 0 Å². The third kappa shape index (κ3) is 2.72. The van der Waals surface area contributed by atoms with Crippen molar-refractivity contribution in [2.45, 2.75) is 38.6 Å². The quantitative estimate of drug-likeness (QED) is 0.664. The molecule has 1 saturated carbocycles. The van der Waals surface area contributed by atoms with Crippen LogP contribution in [0.1, 0.15) is 32.6 Å². The van der Waals surface area contributed by atoms with E-state index in [1.165, 1.54) is 0 Å². The highest BCUT2D eigenvalue weighted by Gasteiger charge is 2.29. The lowest BCUT2D eigenvalue weighted by Crippen LogP contribution is -2.36. The first-order valence-corrected chi connectivity index (χ1v) is 5.07. The summed E-state index contributed by atoms with van der Waals surface area (Å²) < 4.78 is 0. The van der Waals surface area contributed by atoms with Crippen LogP contribution in [0.25, 0.3) is 0 Å². The summed E-state index contributed by atoms with van der Waals surface area (Å²) >= 11 is 0. The van der Waals surface area contributed by atoms with Gasteiger partial charge in [-0.3, -0.25) is 9.59 Å². The monoisotopic (exact) mass is 199 g/mol. The summed E-state index contributed by atoms with van der Waals surface area (Å²) in [6.45, 7) is 1.75. The van der Waals surface area contributed by atoms with Gasteiger partial charge < -0.3 is 10.4 Å². The summed E-state index contributed by atoms with van der Waals surface area (Å²) in [5, 5.41) is 11.6. The molecule has 1 aliphatic rings. The van der Waals surface area contributed by atoms with E-state index in [1.807, 2.05) is 0 Å². The highest BCUT2D eigenvalue weighted by Crippen LogP contribution is 2.30. The van der Waals surface area contributed by atoms with E-state index in [2.05, 4.69) is 5.32 Å². The predicted molar refractivity (Wildman–Crippen MR) is 51.7 cm³/mol. The summed E-state index contributed by atoms with van der Waals surface area (Å²) in [4.78, 5) is 21.0. The second kappa shape index (κ2) is 4.98. The van der Waals surface area contributed by atoms with Crippen molar-refractivity contribution in [1.29, 1.82) is 0 Å². The number of hydrogen-bond acceptors (Lipinski definition) is 2. The highest BCUT2D eigenvalue weighted by atomic mass is 16.4. The molecule has 3 unspecified atom stereocenters. The van der Waals surface area contributed by atoms with Gasteiger partial charge in [-0.15, -0.1) is 0 Å². The molecule has 0 aromatic rings. The van der Waals surface area contributed by atoms with Crippen LogP contribution in [-0.2, 0) is 9.59 Å². The second-order valence-electron chi connectivity index (χ2n) is 4.04. The van der Waals surface area contributed by atoms with Crippen LogP contribution in [0.2, 0.25) is 0 Å². The Kier molecular flexibility index (Phi) is 3.92. The zero-order valence-corrected chi connectivity index (χ0v) is 8.40. The van der Waals surface area contributed by atoms with Gasteiger partial charge in [-0.05, 0) is 25.2 Å². The summed E-state index contributed by atoms with van der Waals surface area (Å²) in [5.41, 5.74) is 0. The first-order chi connectivity index (χ1) is 6.65. The zero-order chi connectivity index (χ0) is 10.6. The molecule has 2 N–H and O–H groups in total. The van der Waals surface area contributed by atoms with Crippen molar-refractivity contribution in [2.24, 2.45) is 11.8 Å². The molecule has 1 aliphatic carbocycles. The van der Waals surface area contributed by atoms with Crippen LogP contribution >= 0.6 is 0 Å². The number of amides is 1. The molecule has 0 saturated heterocycles. The maximum atomic E-state index is 10.8. The SMILES string of the molecule is CC(C(=O)O)C1CCCC(NC=O)C1. The van der Waals surface area contributed by atoms with E-state index in [-0.39, 0.29) is 17.9 Å². The van der Waals surface area contributed by atoms with Gasteiger partial charge in [0.15, 0.2) is 0 Å². The molecule has 0 radical (unpaired) electrons. The Morgan fingerprint density at radius 3 is 2.86 bits per heavy atom. The van der Waals surface area contributed by atoms with Gasteiger partial charge in [0.25, 0.3) is 0 Å². The summed E-state index contributed by atoms with van der Waals surface area (Å²) in [6.07, 6.45) is 4.45. The molecule has 0 aromatic carbocycles. The van der Waals surface area contributed by atoms with E-state index in [1.54, 1.807) is 6.92 Å². The van der Waals surface area contributed by atoms with E-state index in [4.69, 9.17) is 5.11 Å². The van der Waals surface area contributed by atoms with Crippen molar-refractivity contribution in [3.63, 3.8) is 0 Å². The van der Waals surface area contributed by atoms with Crippen LogP contribution in [-0.4, -0.2) is 23.5 Å².